The number of nitrogens with one attached hydrogen (secondary N) is 2. The quantitative estimate of drug-likeness (QED) is 0.475. The topological polar surface area (TPSA) is 27.3 Å². The maximum atomic E-state index is 2.92. The second kappa shape index (κ2) is 4.05. The zero-order valence-corrected chi connectivity index (χ0v) is 5.15. The van der Waals surface area contributed by atoms with Crippen molar-refractivity contribution in [2.24, 2.45) is 0 Å². The summed E-state index contributed by atoms with van der Waals surface area (Å²) in [6.45, 7) is 2.98. The molecule has 0 aliphatic carbocycles. The lowest BCUT2D eigenvalue weighted by Gasteiger charge is -2.10. The Kier molecular flexibility index (Phi) is 3.98. The number of hydrogen-bond acceptors (Lipinski definition) is 3. The summed E-state index contributed by atoms with van der Waals surface area (Å²) >= 11 is 0. The van der Waals surface area contributed by atoms with E-state index in [0.29, 0.717) is 0 Å². The van der Waals surface area contributed by atoms with Crippen LogP contribution in [0.1, 0.15) is 6.92 Å². The van der Waals surface area contributed by atoms with Gasteiger partial charge in [0.15, 0.2) is 0 Å². The number of nitrogens with zero attached hydrogens (tertiary/aromatic N) is 1. The maximum absolute atomic E-state index is 2.92. The molecule has 0 rings (SSSR count). The first kappa shape index (κ1) is 6.88. The SMILES string of the molecule is CCNNN(C)C. The van der Waals surface area contributed by atoms with Crippen LogP contribution in [0.2, 0.25) is 0 Å². The average Bonchev–Trinajstić information content (AvgIpc) is 1.61. The highest BCUT2D eigenvalue weighted by atomic mass is 15.7. The van der Waals surface area contributed by atoms with Crippen molar-refractivity contribution in [1.82, 2.24) is 16.0 Å². The Labute approximate surface area is 44.6 Å². The van der Waals surface area contributed by atoms with E-state index in [1.54, 1.807) is 0 Å². The summed E-state index contributed by atoms with van der Waals surface area (Å²) in [6.07, 6.45) is 0. The number of hydrazine groups is 2. The van der Waals surface area contributed by atoms with Gasteiger partial charge in [0.2, 0.25) is 0 Å². The highest BCUT2D eigenvalue weighted by Crippen LogP contribution is 1.53. The van der Waals surface area contributed by atoms with Gasteiger partial charge in [-0.1, -0.05) is 6.92 Å². The van der Waals surface area contributed by atoms with Crippen molar-refractivity contribution in [2.75, 3.05) is 20.6 Å². The summed E-state index contributed by atoms with van der Waals surface area (Å²) < 4.78 is 0. The molecule has 0 heterocycles. The van der Waals surface area contributed by atoms with Crippen LogP contribution in [0.25, 0.3) is 0 Å². The predicted octanol–water partition coefficient (Wildman–Crippen LogP) is -0.423. The Balaban J connectivity index is 2.68. The van der Waals surface area contributed by atoms with Crippen molar-refractivity contribution in [3.63, 3.8) is 0 Å². The van der Waals surface area contributed by atoms with Crippen LogP contribution in [-0.4, -0.2) is 25.6 Å². The van der Waals surface area contributed by atoms with E-state index in [9.17, 15) is 0 Å². The number of hydrogen-bond donors (Lipinski definition) is 2. The minimum atomic E-state index is 0.943. The standard InChI is InChI=1S/C4H13N3/c1-4-5-6-7(2)3/h5-6H,4H2,1-3H3. The molecule has 0 amide bonds. The zero-order chi connectivity index (χ0) is 5.70. The van der Waals surface area contributed by atoms with Crippen molar-refractivity contribution in [1.29, 1.82) is 0 Å². The average molecular weight is 103 g/mol. The first-order valence-electron chi connectivity index (χ1n) is 2.43. The summed E-state index contributed by atoms with van der Waals surface area (Å²) in [7, 11) is 3.87. The second-order valence-electron chi connectivity index (χ2n) is 1.54. The van der Waals surface area contributed by atoms with Crippen molar-refractivity contribution in [3.8, 4) is 0 Å². The third-order valence-corrected chi connectivity index (χ3v) is 0.479. The molecular formula is C4H13N3. The van der Waals surface area contributed by atoms with E-state index in [2.05, 4.69) is 11.0 Å². The molecule has 0 aliphatic rings. The van der Waals surface area contributed by atoms with Crippen LogP contribution in [0.5, 0.6) is 0 Å². The summed E-state index contributed by atoms with van der Waals surface area (Å²) in [6, 6.07) is 0. The molecule has 0 unspecified atom stereocenters. The molecular weight excluding hydrogens is 90.1 g/mol. The van der Waals surface area contributed by atoms with Gasteiger partial charge in [-0.2, -0.15) is 5.53 Å². The van der Waals surface area contributed by atoms with Crippen LogP contribution in [0, 0.1) is 0 Å². The van der Waals surface area contributed by atoms with Gasteiger partial charge in [-0.15, -0.1) is 0 Å². The van der Waals surface area contributed by atoms with Crippen molar-refractivity contribution in [3.05, 3.63) is 0 Å². The van der Waals surface area contributed by atoms with Crippen molar-refractivity contribution >= 4 is 0 Å². The van der Waals surface area contributed by atoms with E-state index < -0.39 is 0 Å². The molecule has 0 saturated carbocycles. The predicted molar refractivity (Wildman–Crippen MR) is 30.5 cm³/mol. The first-order chi connectivity index (χ1) is 3.27. The fourth-order valence-corrected chi connectivity index (χ4v) is 0.237. The Morgan fingerprint density at radius 3 is 2.14 bits per heavy atom. The molecule has 0 bridgehead atoms. The first-order valence-corrected chi connectivity index (χ1v) is 2.43. The molecule has 2 N–H and O–H groups in total. The largest absolute Gasteiger partial charge is 0.244 e. The van der Waals surface area contributed by atoms with Gasteiger partial charge < -0.3 is 0 Å². The summed E-state index contributed by atoms with van der Waals surface area (Å²) in [4.78, 5) is 0. The monoisotopic (exact) mass is 103 g/mol. The molecule has 7 heavy (non-hydrogen) atoms. The minimum absolute atomic E-state index is 0.943. The summed E-state index contributed by atoms with van der Waals surface area (Å²) in [5.74, 6) is 0. The van der Waals surface area contributed by atoms with Gasteiger partial charge in [-0.05, 0) is 0 Å². The Hall–Kier alpha value is -0.120. The van der Waals surface area contributed by atoms with Gasteiger partial charge in [0, 0.05) is 20.6 Å². The summed E-state index contributed by atoms with van der Waals surface area (Å²) in [5.41, 5.74) is 5.80. The molecule has 0 radical (unpaired) electrons. The maximum Gasteiger partial charge on any atom is 0.00846 e. The van der Waals surface area contributed by atoms with Gasteiger partial charge in [0.25, 0.3) is 0 Å². The van der Waals surface area contributed by atoms with Crippen molar-refractivity contribution < 1.29 is 0 Å². The molecule has 3 heteroatoms. The lowest BCUT2D eigenvalue weighted by molar-refractivity contribution is 0.240. The fraction of sp³-hybridized carbons (Fsp3) is 1.00. The van der Waals surface area contributed by atoms with Crippen LogP contribution in [0.3, 0.4) is 0 Å². The smallest absolute Gasteiger partial charge is 0.00846 e. The van der Waals surface area contributed by atoms with E-state index in [1.807, 2.05) is 26.0 Å². The molecule has 0 atom stereocenters. The summed E-state index contributed by atoms with van der Waals surface area (Å²) in [5, 5.41) is 1.85. The van der Waals surface area contributed by atoms with Crippen molar-refractivity contribution in [2.45, 2.75) is 6.92 Å². The molecule has 0 saturated heterocycles. The van der Waals surface area contributed by atoms with Crippen LogP contribution in [0.4, 0.5) is 0 Å². The minimum Gasteiger partial charge on any atom is -0.244 e. The lowest BCUT2D eigenvalue weighted by Crippen LogP contribution is -2.41. The molecule has 0 aromatic heterocycles. The highest BCUT2D eigenvalue weighted by Gasteiger charge is 1.78. The molecule has 0 aromatic carbocycles. The molecule has 0 aliphatic heterocycles. The van der Waals surface area contributed by atoms with Gasteiger partial charge >= 0.3 is 0 Å². The van der Waals surface area contributed by atoms with E-state index in [0.717, 1.165) is 6.54 Å². The van der Waals surface area contributed by atoms with E-state index >= 15 is 0 Å². The Morgan fingerprint density at radius 1 is 1.43 bits per heavy atom. The third-order valence-electron chi connectivity index (χ3n) is 0.479. The van der Waals surface area contributed by atoms with Gasteiger partial charge in [-0.3, -0.25) is 0 Å². The van der Waals surface area contributed by atoms with Gasteiger partial charge in [0.1, 0.15) is 0 Å². The van der Waals surface area contributed by atoms with Gasteiger partial charge in [0.05, 0.1) is 0 Å². The molecule has 0 spiro atoms. The Morgan fingerprint density at radius 2 is 2.00 bits per heavy atom. The zero-order valence-electron chi connectivity index (χ0n) is 5.15. The van der Waals surface area contributed by atoms with Crippen LogP contribution >= 0.6 is 0 Å². The Bertz CT molecular complexity index is 35.9. The van der Waals surface area contributed by atoms with E-state index in [1.165, 1.54) is 0 Å². The normalized spacial score (nSPS) is 10.3. The highest BCUT2D eigenvalue weighted by molar-refractivity contribution is 4.23. The number of rotatable bonds is 3. The molecule has 44 valence electrons. The van der Waals surface area contributed by atoms with Crippen LogP contribution < -0.4 is 11.0 Å². The van der Waals surface area contributed by atoms with Gasteiger partial charge in [-0.25, -0.2) is 10.4 Å². The van der Waals surface area contributed by atoms with Crippen LogP contribution in [-0.2, 0) is 0 Å². The molecule has 0 aromatic rings. The molecule has 0 fully saturated rings. The fourth-order valence-electron chi connectivity index (χ4n) is 0.237. The second-order valence-corrected chi connectivity index (χ2v) is 1.54. The molecule has 3 nitrogen and oxygen atoms in total. The third kappa shape index (κ3) is 5.88. The van der Waals surface area contributed by atoms with E-state index in [-0.39, 0.29) is 0 Å². The van der Waals surface area contributed by atoms with E-state index in [4.69, 9.17) is 0 Å². The lowest BCUT2D eigenvalue weighted by atomic mass is 10.8. The van der Waals surface area contributed by atoms with Crippen LogP contribution in [0.15, 0.2) is 0 Å².